The average Bonchev–Trinajstić information content (AvgIpc) is 3.02. The summed E-state index contributed by atoms with van der Waals surface area (Å²) < 4.78 is 38.0. The van der Waals surface area contributed by atoms with Gasteiger partial charge in [-0.2, -0.15) is 13.2 Å². The molecule has 2 heterocycles. The third kappa shape index (κ3) is 4.17. The Labute approximate surface area is 142 Å². The largest absolute Gasteiger partial charge is 0.480 e. The summed E-state index contributed by atoms with van der Waals surface area (Å²) in [6, 6.07) is 8.68. The Kier molecular flexibility index (Phi) is 4.76. The van der Waals surface area contributed by atoms with Crippen molar-refractivity contribution >= 4 is 5.97 Å². The van der Waals surface area contributed by atoms with Crippen LogP contribution in [-0.4, -0.2) is 40.6 Å². The van der Waals surface area contributed by atoms with E-state index in [4.69, 9.17) is 5.11 Å². The predicted molar refractivity (Wildman–Crippen MR) is 86.1 cm³/mol. The van der Waals surface area contributed by atoms with Crippen molar-refractivity contribution in [2.75, 3.05) is 19.6 Å². The Morgan fingerprint density at radius 1 is 1.24 bits per heavy atom. The van der Waals surface area contributed by atoms with E-state index in [1.54, 1.807) is 6.20 Å². The van der Waals surface area contributed by atoms with Gasteiger partial charge >= 0.3 is 12.1 Å². The summed E-state index contributed by atoms with van der Waals surface area (Å²) in [5.41, 5.74) is 1.57. The average molecular weight is 350 g/mol. The predicted octanol–water partition coefficient (Wildman–Crippen LogP) is 3.64. The van der Waals surface area contributed by atoms with Crippen LogP contribution < -0.4 is 0 Å². The van der Waals surface area contributed by atoms with E-state index < -0.39 is 17.7 Å². The standard InChI is InChI=1S/C18H17F3N2O2/c19-18(20,21)15-3-1-12(2-4-15)16-9-13(5-7-22-16)14-6-8-23(10-14)11-17(24)25/h1-5,7,9,14H,6,8,10-11H2,(H,24,25)/t14-/m0/s1. The van der Waals surface area contributed by atoms with Crippen LogP contribution in [-0.2, 0) is 11.0 Å². The highest BCUT2D eigenvalue weighted by Crippen LogP contribution is 2.32. The van der Waals surface area contributed by atoms with Gasteiger partial charge in [0.05, 0.1) is 17.8 Å². The first-order valence-corrected chi connectivity index (χ1v) is 7.90. The van der Waals surface area contributed by atoms with E-state index in [2.05, 4.69) is 4.98 Å². The second-order valence-corrected chi connectivity index (χ2v) is 6.16. The second kappa shape index (κ2) is 6.84. The molecular formula is C18H17F3N2O2. The van der Waals surface area contributed by atoms with Crippen molar-refractivity contribution in [3.05, 3.63) is 53.7 Å². The van der Waals surface area contributed by atoms with Crippen molar-refractivity contribution in [2.24, 2.45) is 0 Å². The fraction of sp³-hybridized carbons (Fsp3) is 0.333. The molecule has 1 fully saturated rings. The molecule has 132 valence electrons. The highest BCUT2D eigenvalue weighted by Gasteiger charge is 2.30. The van der Waals surface area contributed by atoms with Gasteiger partial charge < -0.3 is 5.11 Å². The molecule has 0 saturated carbocycles. The Balaban J connectivity index is 1.77. The molecule has 1 aliphatic heterocycles. The van der Waals surface area contributed by atoms with Crippen LogP contribution in [0.2, 0.25) is 0 Å². The molecule has 2 aromatic rings. The van der Waals surface area contributed by atoms with Gasteiger partial charge in [-0.05, 0) is 48.7 Å². The van der Waals surface area contributed by atoms with Crippen molar-refractivity contribution < 1.29 is 23.1 Å². The first-order chi connectivity index (χ1) is 11.8. The highest BCUT2D eigenvalue weighted by atomic mass is 19.4. The first-order valence-electron chi connectivity index (χ1n) is 7.90. The first kappa shape index (κ1) is 17.4. The summed E-state index contributed by atoms with van der Waals surface area (Å²) in [5.74, 6) is -0.642. The number of pyridine rings is 1. The molecule has 1 saturated heterocycles. The van der Waals surface area contributed by atoms with Gasteiger partial charge in [-0.3, -0.25) is 14.7 Å². The molecule has 1 N–H and O–H groups in total. The number of nitrogens with zero attached hydrogens (tertiary/aromatic N) is 2. The van der Waals surface area contributed by atoms with E-state index in [9.17, 15) is 18.0 Å². The Morgan fingerprint density at radius 3 is 2.60 bits per heavy atom. The topological polar surface area (TPSA) is 53.4 Å². The van der Waals surface area contributed by atoms with Gasteiger partial charge in [0, 0.05) is 18.3 Å². The molecule has 1 aromatic heterocycles. The molecule has 0 unspecified atom stereocenters. The number of likely N-dealkylation sites (tertiary alicyclic amines) is 1. The second-order valence-electron chi connectivity index (χ2n) is 6.16. The minimum atomic E-state index is -4.36. The number of carbonyl (C=O) groups is 1. The van der Waals surface area contributed by atoms with Crippen LogP contribution in [0.4, 0.5) is 13.2 Å². The number of rotatable bonds is 4. The maximum atomic E-state index is 12.7. The van der Waals surface area contributed by atoms with Crippen LogP contribution in [0.3, 0.4) is 0 Å². The van der Waals surface area contributed by atoms with E-state index in [-0.39, 0.29) is 12.5 Å². The van der Waals surface area contributed by atoms with Gasteiger partial charge in [0.2, 0.25) is 0 Å². The van der Waals surface area contributed by atoms with E-state index in [1.807, 2.05) is 17.0 Å². The summed E-state index contributed by atoms with van der Waals surface area (Å²) in [4.78, 5) is 16.9. The lowest BCUT2D eigenvalue weighted by Crippen LogP contribution is -2.27. The number of aromatic nitrogens is 1. The molecule has 4 nitrogen and oxygen atoms in total. The zero-order chi connectivity index (χ0) is 18.0. The van der Waals surface area contributed by atoms with Crippen molar-refractivity contribution in [1.82, 2.24) is 9.88 Å². The highest BCUT2D eigenvalue weighted by molar-refractivity contribution is 5.69. The van der Waals surface area contributed by atoms with E-state index in [0.717, 1.165) is 30.7 Å². The molecule has 0 amide bonds. The van der Waals surface area contributed by atoms with Crippen LogP contribution in [0.5, 0.6) is 0 Å². The zero-order valence-corrected chi connectivity index (χ0v) is 13.3. The van der Waals surface area contributed by atoms with Crippen LogP contribution in [0.15, 0.2) is 42.6 Å². The van der Waals surface area contributed by atoms with Crippen LogP contribution in [0.1, 0.15) is 23.5 Å². The SMILES string of the molecule is O=C(O)CN1CC[C@H](c2ccnc(-c3ccc(C(F)(F)F)cc3)c2)C1. The molecule has 1 atom stereocenters. The molecule has 0 radical (unpaired) electrons. The minimum absolute atomic E-state index is 0.0212. The molecule has 1 aromatic carbocycles. The molecule has 25 heavy (non-hydrogen) atoms. The summed E-state index contributed by atoms with van der Waals surface area (Å²) in [5, 5.41) is 8.87. The summed E-state index contributed by atoms with van der Waals surface area (Å²) in [6.45, 7) is 1.39. The summed E-state index contributed by atoms with van der Waals surface area (Å²) in [7, 11) is 0. The molecule has 7 heteroatoms. The number of carboxylic acid groups (broad SMARTS) is 1. The minimum Gasteiger partial charge on any atom is -0.480 e. The number of alkyl halides is 3. The van der Waals surface area contributed by atoms with E-state index in [1.165, 1.54) is 12.1 Å². The smallest absolute Gasteiger partial charge is 0.416 e. The fourth-order valence-electron chi connectivity index (χ4n) is 3.13. The summed E-state index contributed by atoms with van der Waals surface area (Å²) in [6.07, 6.45) is -1.86. The van der Waals surface area contributed by atoms with Gasteiger partial charge in [0.25, 0.3) is 0 Å². The van der Waals surface area contributed by atoms with E-state index in [0.29, 0.717) is 17.8 Å². The van der Waals surface area contributed by atoms with E-state index >= 15 is 0 Å². The fourth-order valence-corrected chi connectivity index (χ4v) is 3.13. The lowest BCUT2D eigenvalue weighted by Gasteiger charge is -2.14. The van der Waals surface area contributed by atoms with Gasteiger partial charge in [0.1, 0.15) is 0 Å². The Bertz CT molecular complexity index is 760. The van der Waals surface area contributed by atoms with Gasteiger partial charge in [0.15, 0.2) is 0 Å². The number of hydrogen-bond donors (Lipinski definition) is 1. The maximum Gasteiger partial charge on any atom is 0.416 e. The van der Waals surface area contributed by atoms with Crippen molar-refractivity contribution in [1.29, 1.82) is 0 Å². The molecule has 3 rings (SSSR count). The Morgan fingerprint density at radius 2 is 1.96 bits per heavy atom. The third-order valence-corrected chi connectivity index (χ3v) is 4.39. The third-order valence-electron chi connectivity index (χ3n) is 4.39. The molecule has 0 spiro atoms. The lowest BCUT2D eigenvalue weighted by molar-refractivity contribution is -0.138. The zero-order valence-electron chi connectivity index (χ0n) is 13.3. The number of halogens is 3. The Hall–Kier alpha value is -2.41. The normalized spacial score (nSPS) is 18.4. The molecule has 0 aliphatic carbocycles. The van der Waals surface area contributed by atoms with Crippen LogP contribution >= 0.6 is 0 Å². The molecule has 0 bridgehead atoms. The number of aliphatic carboxylic acids is 1. The molecule has 1 aliphatic rings. The number of carboxylic acids is 1. The van der Waals surface area contributed by atoms with Gasteiger partial charge in [-0.25, -0.2) is 0 Å². The number of benzene rings is 1. The monoisotopic (exact) mass is 350 g/mol. The molecular weight excluding hydrogens is 333 g/mol. The lowest BCUT2D eigenvalue weighted by atomic mass is 9.97. The quantitative estimate of drug-likeness (QED) is 0.915. The van der Waals surface area contributed by atoms with Crippen molar-refractivity contribution in [3.63, 3.8) is 0 Å². The van der Waals surface area contributed by atoms with Crippen molar-refractivity contribution in [2.45, 2.75) is 18.5 Å². The maximum absolute atomic E-state index is 12.7. The van der Waals surface area contributed by atoms with Gasteiger partial charge in [-0.1, -0.05) is 12.1 Å². The number of hydrogen-bond acceptors (Lipinski definition) is 3. The van der Waals surface area contributed by atoms with Crippen LogP contribution in [0.25, 0.3) is 11.3 Å². The van der Waals surface area contributed by atoms with Gasteiger partial charge in [-0.15, -0.1) is 0 Å². The summed E-state index contributed by atoms with van der Waals surface area (Å²) >= 11 is 0. The van der Waals surface area contributed by atoms with Crippen LogP contribution in [0, 0.1) is 0 Å². The van der Waals surface area contributed by atoms with Crippen molar-refractivity contribution in [3.8, 4) is 11.3 Å².